The Hall–Kier alpha value is -2.92. The second kappa shape index (κ2) is 7.98. The van der Waals surface area contributed by atoms with Crippen molar-refractivity contribution in [1.82, 2.24) is 9.97 Å². The van der Waals surface area contributed by atoms with E-state index in [-0.39, 0.29) is 5.82 Å². The fraction of sp³-hybridized carbons (Fsp3) is 0.450. The summed E-state index contributed by atoms with van der Waals surface area (Å²) in [7, 11) is 0. The third kappa shape index (κ3) is 3.99. The Balaban J connectivity index is 1.47. The third-order valence-electron chi connectivity index (χ3n) is 5.10. The summed E-state index contributed by atoms with van der Waals surface area (Å²) in [5.74, 6) is 1.30. The van der Waals surface area contributed by atoms with E-state index in [4.69, 9.17) is 15.0 Å². The van der Waals surface area contributed by atoms with Crippen molar-refractivity contribution in [2.75, 3.05) is 67.2 Å². The third-order valence-corrected chi connectivity index (χ3v) is 5.10. The number of benzene rings is 1. The van der Waals surface area contributed by atoms with Crippen LogP contribution in [0.4, 0.5) is 21.8 Å². The summed E-state index contributed by atoms with van der Waals surface area (Å²) < 4.78 is 19.2. The molecule has 2 aliphatic rings. The van der Waals surface area contributed by atoms with Gasteiger partial charge in [-0.1, -0.05) is 0 Å². The number of nitriles is 1. The molecule has 0 unspecified atom stereocenters. The molecular formula is C20H23FN6O. The minimum atomic E-state index is -0.381. The average molecular weight is 382 g/mol. The first-order chi connectivity index (χ1) is 13.6. The van der Waals surface area contributed by atoms with E-state index < -0.39 is 0 Å². The van der Waals surface area contributed by atoms with E-state index in [1.54, 1.807) is 6.07 Å². The van der Waals surface area contributed by atoms with Crippen LogP contribution < -0.4 is 14.7 Å². The number of nitrogens with zero attached hydrogens (tertiary/aromatic N) is 6. The van der Waals surface area contributed by atoms with Gasteiger partial charge < -0.3 is 19.4 Å². The number of hydrogen-bond donors (Lipinski definition) is 0. The van der Waals surface area contributed by atoms with Gasteiger partial charge in [0.2, 0.25) is 5.95 Å². The smallest absolute Gasteiger partial charge is 0.227 e. The summed E-state index contributed by atoms with van der Waals surface area (Å²) in [6.07, 6.45) is 0. The lowest BCUT2D eigenvalue weighted by Crippen LogP contribution is -2.47. The summed E-state index contributed by atoms with van der Waals surface area (Å²) in [5, 5.41) is 9.06. The number of ether oxygens (including phenoxy) is 1. The minimum absolute atomic E-state index is 0.342. The van der Waals surface area contributed by atoms with Crippen molar-refractivity contribution in [1.29, 1.82) is 5.26 Å². The SMILES string of the molecule is Cc1cc(N2CCOCC2)nc(N2CCN(c3cc(F)cc(C#N)c3)CC2)n1. The number of hydrogen-bond acceptors (Lipinski definition) is 7. The molecule has 2 aliphatic heterocycles. The maximum absolute atomic E-state index is 13.8. The van der Waals surface area contributed by atoms with Crippen LogP contribution in [-0.4, -0.2) is 62.5 Å². The predicted octanol–water partition coefficient (Wildman–Crippen LogP) is 1.96. The normalized spacial score (nSPS) is 17.5. The van der Waals surface area contributed by atoms with Gasteiger partial charge in [-0.2, -0.15) is 10.2 Å². The molecule has 2 saturated heterocycles. The second-order valence-corrected chi connectivity index (χ2v) is 7.05. The van der Waals surface area contributed by atoms with Crippen molar-refractivity contribution < 1.29 is 9.13 Å². The highest BCUT2D eigenvalue weighted by Gasteiger charge is 2.22. The summed E-state index contributed by atoms with van der Waals surface area (Å²) in [6, 6.07) is 8.50. The summed E-state index contributed by atoms with van der Waals surface area (Å²) in [4.78, 5) is 15.9. The quantitative estimate of drug-likeness (QED) is 0.804. The van der Waals surface area contributed by atoms with Crippen LogP contribution in [0.25, 0.3) is 0 Å². The topological polar surface area (TPSA) is 68.5 Å². The molecule has 0 atom stereocenters. The van der Waals surface area contributed by atoms with Crippen molar-refractivity contribution in [2.24, 2.45) is 0 Å². The zero-order valence-corrected chi connectivity index (χ0v) is 15.9. The van der Waals surface area contributed by atoms with Gasteiger partial charge in [-0.3, -0.25) is 0 Å². The Morgan fingerprint density at radius 2 is 1.64 bits per heavy atom. The van der Waals surface area contributed by atoms with E-state index >= 15 is 0 Å². The fourth-order valence-corrected chi connectivity index (χ4v) is 3.62. The highest BCUT2D eigenvalue weighted by molar-refractivity contribution is 5.54. The van der Waals surface area contributed by atoms with E-state index in [1.165, 1.54) is 12.1 Å². The number of piperazine rings is 1. The van der Waals surface area contributed by atoms with Gasteiger partial charge in [0.05, 0.1) is 24.8 Å². The highest BCUT2D eigenvalue weighted by atomic mass is 19.1. The molecule has 2 fully saturated rings. The van der Waals surface area contributed by atoms with Gasteiger partial charge in [-0.15, -0.1) is 0 Å². The van der Waals surface area contributed by atoms with Crippen molar-refractivity contribution in [2.45, 2.75) is 6.92 Å². The molecule has 0 radical (unpaired) electrons. The van der Waals surface area contributed by atoms with Crippen LogP contribution in [0.15, 0.2) is 24.3 Å². The highest BCUT2D eigenvalue weighted by Crippen LogP contribution is 2.23. The molecule has 1 aromatic carbocycles. The number of aryl methyl sites for hydroxylation is 1. The molecular weight excluding hydrogens is 359 g/mol. The molecule has 1 aromatic heterocycles. The van der Waals surface area contributed by atoms with Crippen LogP contribution in [0.5, 0.6) is 0 Å². The summed E-state index contributed by atoms with van der Waals surface area (Å²) in [6.45, 7) is 8.02. The average Bonchev–Trinajstić information content (AvgIpc) is 2.73. The largest absolute Gasteiger partial charge is 0.378 e. The maximum Gasteiger partial charge on any atom is 0.227 e. The Kier molecular flexibility index (Phi) is 5.26. The Morgan fingerprint density at radius 1 is 0.929 bits per heavy atom. The van der Waals surface area contributed by atoms with E-state index in [9.17, 15) is 4.39 Å². The van der Waals surface area contributed by atoms with Gasteiger partial charge >= 0.3 is 0 Å². The first kappa shape index (κ1) is 18.4. The second-order valence-electron chi connectivity index (χ2n) is 7.05. The van der Waals surface area contributed by atoms with E-state index in [0.717, 1.165) is 75.6 Å². The molecule has 146 valence electrons. The Morgan fingerprint density at radius 3 is 2.36 bits per heavy atom. The maximum atomic E-state index is 13.8. The van der Waals surface area contributed by atoms with Gasteiger partial charge in [0, 0.05) is 56.7 Å². The van der Waals surface area contributed by atoms with E-state index in [1.807, 2.05) is 19.1 Å². The van der Waals surface area contributed by atoms with Crippen LogP contribution in [0, 0.1) is 24.1 Å². The van der Waals surface area contributed by atoms with Crippen molar-refractivity contribution in [3.05, 3.63) is 41.3 Å². The zero-order valence-electron chi connectivity index (χ0n) is 15.9. The van der Waals surface area contributed by atoms with Crippen molar-refractivity contribution in [3.8, 4) is 6.07 Å². The van der Waals surface area contributed by atoms with Crippen LogP contribution in [0.2, 0.25) is 0 Å². The number of anilines is 3. The van der Waals surface area contributed by atoms with Crippen molar-refractivity contribution >= 4 is 17.5 Å². The zero-order chi connectivity index (χ0) is 19.5. The molecule has 0 amide bonds. The lowest BCUT2D eigenvalue weighted by atomic mass is 10.2. The monoisotopic (exact) mass is 382 g/mol. The van der Waals surface area contributed by atoms with Gasteiger partial charge in [0.1, 0.15) is 11.6 Å². The lowest BCUT2D eigenvalue weighted by molar-refractivity contribution is 0.122. The fourth-order valence-electron chi connectivity index (χ4n) is 3.62. The lowest BCUT2D eigenvalue weighted by Gasteiger charge is -2.36. The molecule has 0 saturated carbocycles. The predicted molar refractivity (Wildman–Crippen MR) is 105 cm³/mol. The first-order valence-corrected chi connectivity index (χ1v) is 9.51. The number of rotatable bonds is 3. The van der Waals surface area contributed by atoms with E-state index in [0.29, 0.717) is 5.56 Å². The number of halogens is 1. The molecule has 0 N–H and O–H groups in total. The summed E-state index contributed by atoms with van der Waals surface area (Å²) >= 11 is 0. The Bertz CT molecular complexity index is 885. The van der Waals surface area contributed by atoms with Crippen LogP contribution >= 0.6 is 0 Å². The van der Waals surface area contributed by atoms with Gasteiger partial charge in [-0.05, 0) is 25.1 Å². The molecule has 7 nitrogen and oxygen atoms in total. The Labute approximate surface area is 164 Å². The van der Waals surface area contributed by atoms with Crippen LogP contribution in [0.1, 0.15) is 11.3 Å². The van der Waals surface area contributed by atoms with E-state index in [2.05, 4.69) is 19.7 Å². The molecule has 8 heteroatoms. The number of morpholine rings is 1. The standard InChI is InChI=1S/C20H23FN6O/c1-15-10-19(26-6-8-28-9-7-26)24-20(23-15)27-4-2-25(3-5-27)18-12-16(14-22)11-17(21)13-18/h10-13H,2-9H2,1H3. The first-order valence-electron chi connectivity index (χ1n) is 9.51. The summed E-state index contributed by atoms with van der Waals surface area (Å²) in [5.41, 5.74) is 2.03. The molecule has 2 aromatic rings. The number of aromatic nitrogens is 2. The van der Waals surface area contributed by atoms with Gasteiger partial charge in [-0.25, -0.2) is 9.37 Å². The molecule has 4 rings (SSSR count). The van der Waals surface area contributed by atoms with Crippen molar-refractivity contribution in [3.63, 3.8) is 0 Å². The molecule has 0 aliphatic carbocycles. The van der Waals surface area contributed by atoms with Crippen LogP contribution in [-0.2, 0) is 4.74 Å². The molecule has 28 heavy (non-hydrogen) atoms. The minimum Gasteiger partial charge on any atom is -0.378 e. The molecule has 3 heterocycles. The van der Waals surface area contributed by atoms with Gasteiger partial charge in [0.15, 0.2) is 0 Å². The van der Waals surface area contributed by atoms with Crippen LogP contribution in [0.3, 0.4) is 0 Å². The molecule has 0 bridgehead atoms. The molecule has 0 spiro atoms. The van der Waals surface area contributed by atoms with Gasteiger partial charge in [0.25, 0.3) is 0 Å².